The van der Waals surface area contributed by atoms with Crippen molar-refractivity contribution in [1.29, 1.82) is 0 Å². The third-order valence-electron chi connectivity index (χ3n) is 5.44. The molecular formula is C28H21ClF3N3O6S. The van der Waals surface area contributed by atoms with Gasteiger partial charge in [0, 0.05) is 11.8 Å². The average molecular weight is 620 g/mol. The number of carbonyl (C=O) groups excluding carboxylic acids is 1. The fraction of sp³-hybridized carbons (Fsp3) is 0.107. The van der Waals surface area contributed by atoms with Gasteiger partial charge in [0.25, 0.3) is 0 Å². The van der Waals surface area contributed by atoms with E-state index in [0.717, 1.165) is 12.3 Å². The Bertz CT molecular complexity index is 1720. The number of amides is 1. The number of hydrogen-bond acceptors (Lipinski definition) is 8. The molecule has 4 rings (SSSR count). The number of ether oxygens (including phenoxy) is 2. The van der Waals surface area contributed by atoms with Gasteiger partial charge >= 0.3 is 16.3 Å². The molecule has 0 aliphatic carbocycles. The number of alkyl halides is 3. The molecule has 218 valence electrons. The second-order valence-corrected chi connectivity index (χ2v) is 10.4. The molecular weight excluding hydrogens is 599 g/mol. The maximum atomic E-state index is 13.1. The molecule has 0 unspecified atom stereocenters. The normalized spacial score (nSPS) is 11.7. The fourth-order valence-electron chi connectivity index (χ4n) is 3.51. The van der Waals surface area contributed by atoms with Crippen molar-refractivity contribution in [1.82, 2.24) is 10.4 Å². The van der Waals surface area contributed by atoms with Crippen molar-refractivity contribution in [2.75, 3.05) is 7.11 Å². The zero-order chi connectivity index (χ0) is 30.3. The van der Waals surface area contributed by atoms with Crippen molar-refractivity contribution >= 4 is 33.8 Å². The lowest BCUT2D eigenvalue weighted by molar-refractivity contribution is -0.137. The first-order valence-electron chi connectivity index (χ1n) is 11.9. The molecule has 9 nitrogen and oxygen atoms in total. The van der Waals surface area contributed by atoms with Crippen LogP contribution in [-0.2, 0) is 27.5 Å². The number of rotatable bonds is 10. The molecule has 42 heavy (non-hydrogen) atoms. The minimum Gasteiger partial charge on any atom is -0.497 e. The molecule has 1 aromatic heterocycles. The van der Waals surface area contributed by atoms with Crippen LogP contribution in [-0.4, -0.2) is 32.6 Å². The van der Waals surface area contributed by atoms with E-state index in [0.29, 0.717) is 23.6 Å². The number of carbonyl (C=O) groups is 1. The molecule has 3 aromatic carbocycles. The predicted octanol–water partition coefficient (Wildman–Crippen LogP) is 6.02. The summed E-state index contributed by atoms with van der Waals surface area (Å²) in [5.74, 6) is -0.274. The molecule has 0 spiro atoms. The first kappa shape index (κ1) is 30.3. The molecule has 0 saturated carbocycles. The van der Waals surface area contributed by atoms with Gasteiger partial charge in [-0.3, -0.25) is 4.79 Å². The highest BCUT2D eigenvalue weighted by Gasteiger charge is 2.32. The topological polar surface area (TPSA) is 116 Å². The van der Waals surface area contributed by atoms with E-state index >= 15 is 0 Å². The van der Waals surface area contributed by atoms with Crippen LogP contribution in [0.3, 0.4) is 0 Å². The predicted molar refractivity (Wildman–Crippen MR) is 147 cm³/mol. The largest absolute Gasteiger partial charge is 0.497 e. The van der Waals surface area contributed by atoms with E-state index in [1.54, 1.807) is 42.5 Å². The van der Waals surface area contributed by atoms with E-state index in [-0.39, 0.29) is 34.3 Å². The van der Waals surface area contributed by atoms with Crippen molar-refractivity contribution in [3.8, 4) is 23.1 Å². The molecule has 0 aliphatic heterocycles. The Morgan fingerprint density at radius 1 is 1.00 bits per heavy atom. The highest BCUT2D eigenvalue weighted by atomic mass is 35.5. The molecule has 0 aliphatic rings. The van der Waals surface area contributed by atoms with Gasteiger partial charge in [-0.15, -0.1) is 0 Å². The standard InChI is InChI=1S/C28H21ClF3N3O6S/c1-39-22-9-5-6-18(12-22)13-26(36)35-34-16-19-14-23(40-27-24(29)15-20(17-33-27)28(30,31)32)10-11-25(19)42(37,38)41-21-7-3-2-4-8-21/h2-12,14-17H,13H2,1H3,(H,35,36). The van der Waals surface area contributed by atoms with Crippen LogP contribution in [0.25, 0.3) is 0 Å². The minimum atomic E-state index is -4.66. The first-order chi connectivity index (χ1) is 19.9. The molecule has 1 heterocycles. The van der Waals surface area contributed by atoms with Gasteiger partial charge in [-0.05, 0) is 54.1 Å². The smallest absolute Gasteiger partial charge is 0.417 e. The molecule has 0 saturated heterocycles. The Balaban J connectivity index is 1.61. The number of nitrogens with zero attached hydrogens (tertiary/aromatic N) is 2. The number of aromatic nitrogens is 1. The zero-order valence-electron chi connectivity index (χ0n) is 21.6. The Morgan fingerprint density at radius 2 is 1.74 bits per heavy atom. The summed E-state index contributed by atoms with van der Waals surface area (Å²) in [7, 11) is -2.91. The summed E-state index contributed by atoms with van der Waals surface area (Å²) in [5, 5.41) is 3.45. The number of nitrogens with one attached hydrogen (secondary N) is 1. The summed E-state index contributed by atoms with van der Waals surface area (Å²) < 4.78 is 81.0. The van der Waals surface area contributed by atoms with Crippen LogP contribution in [0.2, 0.25) is 5.02 Å². The molecule has 1 N–H and O–H groups in total. The van der Waals surface area contributed by atoms with Crippen LogP contribution < -0.4 is 19.1 Å². The van der Waals surface area contributed by atoms with Crippen LogP contribution in [0.1, 0.15) is 16.7 Å². The SMILES string of the molecule is COc1cccc(CC(=O)NN=Cc2cc(Oc3ncc(C(F)(F)F)cc3Cl)ccc2S(=O)(=O)Oc2ccccc2)c1. The first-order valence-corrected chi connectivity index (χ1v) is 13.7. The monoisotopic (exact) mass is 619 g/mol. The Hall–Kier alpha value is -4.62. The lowest BCUT2D eigenvalue weighted by Gasteiger charge is -2.13. The van der Waals surface area contributed by atoms with Crippen molar-refractivity contribution < 1.29 is 40.0 Å². The molecule has 14 heteroatoms. The van der Waals surface area contributed by atoms with Gasteiger partial charge in [0.2, 0.25) is 11.8 Å². The summed E-state index contributed by atoms with van der Waals surface area (Å²) in [4.78, 5) is 15.7. The number of methoxy groups -OCH3 is 1. The second-order valence-electron chi connectivity index (χ2n) is 8.48. The van der Waals surface area contributed by atoms with Gasteiger partial charge in [-0.1, -0.05) is 41.9 Å². The summed E-state index contributed by atoms with van der Waals surface area (Å²) >= 11 is 5.94. The van der Waals surface area contributed by atoms with Gasteiger partial charge in [-0.2, -0.15) is 26.7 Å². The maximum absolute atomic E-state index is 13.1. The van der Waals surface area contributed by atoms with E-state index in [9.17, 15) is 26.4 Å². The quantitative estimate of drug-likeness (QED) is 0.131. The summed E-state index contributed by atoms with van der Waals surface area (Å²) in [6.45, 7) is 0. The average Bonchev–Trinajstić information content (AvgIpc) is 2.94. The number of hydrogen-bond donors (Lipinski definition) is 1. The molecule has 0 bridgehead atoms. The summed E-state index contributed by atoms with van der Waals surface area (Å²) in [6.07, 6.45) is -3.10. The highest BCUT2D eigenvalue weighted by molar-refractivity contribution is 7.87. The molecule has 0 fully saturated rings. The van der Waals surface area contributed by atoms with E-state index < -0.39 is 32.8 Å². The van der Waals surface area contributed by atoms with Gasteiger partial charge in [0.1, 0.15) is 27.2 Å². The minimum absolute atomic E-state index is 0.0352. The van der Waals surface area contributed by atoms with Gasteiger partial charge in [0.15, 0.2) is 0 Å². The number of para-hydroxylation sites is 1. The van der Waals surface area contributed by atoms with E-state index in [1.807, 2.05) is 0 Å². The number of benzene rings is 3. The fourth-order valence-corrected chi connectivity index (χ4v) is 4.81. The lowest BCUT2D eigenvalue weighted by atomic mass is 10.1. The second kappa shape index (κ2) is 12.9. The van der Waals surface area contributed by atoms with Crippen LogP contribution in [0, 0.1) is 0 Å². The maximum Gasteiger partial charge on any atom is 0.417 e. The molecule has 0 atom stereocenters. The van der Waals surface area contributed by atoms with Crippen molar-refractivity contribution in [2.24, 2.45) is 5.10 Å². The van der Waals surface area contributed by atoms with Gasteiger partial charge in [-0.25, -0.2) is 10.4 Å². The van der Waals surface area contributed by atoms with Gasteiger partial charge < -0.3 is 13.7 Å². The van der Waals surface area contributed by atoms with Crippen molar-refractivity contribution in [3.05, 3.63) is 107 Å². The van der Waals surface area contributed by atoms with Crippen LogP contribution in [0.5, 0.6) is 23.1 Å². The Morgan fingerprint density at radius 3 is 2.43 bits per heavy atom. The summed E-state index contributed by atoms with van der Waals surface area (Å²) in [6, 6.07) is 18.8. The number of hydrazone groups is 1. The van der Waals surface area contributed by atoms with Crippen molar-refractivity contribution in [2.45, 2.75) is 17.5 Å². The van der Waals surface area contributed by atoms with Crippen LogP contribution >= 0.6 is 11.6 Å². The third kappa shape index (κ3) is 7.98. The number of halogens is 4. The molecule has 4 aromatic rings. The highest BCUT2D eigenvalue weighted by Crippen LogP contribution is 2.35. The Kier molecular flexibility index (Phi) is 9.33. The molecule has 1 amide bonds. The van der Waals surface area contributed by atoms with E-state index in [4.69, 9.17) is 25.3 Å². The van der Waals surface area contributed by atoms with Crippen LogP contribution in [0.15, 0.2) is 95.1 Å². The van der Waals surface area contributed by atoms with E-state index in [1.165, 1.54) is 31.4 Å². The molecule has 0 radical (unpaired) electrons. The van der Waals surface area contributed by atoms with Gasteiger partial charge in [0.05, 0.1) is 25.3 Å². The third-order valence-corrected chi connectivity index (χ3v) is 7.03. The Labute approximate surface area is 243 Å². The summed E-state index contributed by atoms with van der Waals surface area (Å²) in [5.41, 5.74) is 1.82. The van der Waals surface area contributed by atoms with Crippen LogP contribution in [0.4, 0.5) is 13.2 Å². The lowest BCUT2D eigenvalue weighted by Crippen LogP contribution is -2.20. The zero-order valence-corrected chi connectivity index (χ0v) is 23.2. The van der Waals surface area contributed by atoms with Crippen molar-refractivity contribution in [3.63, 3.8) is 0 Å². The van der Waals surface area contributed by atoms with E-state index in [2.05, 4.69) is 15.5 Å². The number of pyridine rings is 1.